The van der Waals surface area contributed by atoms with Crippen LogP contribution in [0.4, 0.5) is 0 Å². The van der Waals surface area contributed by atoms with Crippen LogP contribution in [-0.2, 0) is 0 Å². The summed E-state index contributed by atoms with van der Waals surface area (Å²) in [4.78, 5) is 16.4. The third-order valence-electron chi connectivity index (χ3n) is 4.05. The van der Waals surface area contributed by atoms with Gasteiger partial charge in [0.2, 0.25) is 0 Å². The maximum atomic E-state index is 12.3. The zero-order valence-corrected chi connectivity index (χ0v) is 12.7. The summed E-state index contributed by atoms with van der Waals surface area (Å²) in [5, 5.41) is 7.68. The maximum absolute atomic E-state index is 12.3. The number of hydrogen-bond acceptors (Lipinski definition) is 5. The van der Waals surface area contributed by atoms with Gasteiger partial charge in [0.15, 0.2) is 0 Å². The Morgan fingerprint density at radius 2 is 2.33 bits per heavy atom. The number of nitrogens with two attached hydrogens (primary N) is 1. The lowest BCUT2D eigenvalue weighted by Gasteiger charge is -2.19. The van der Waals surface area contributed by atoms with Crippen LogP contribution in [0, 0.1) is 12.8 Å². The number of rotatable bonds is 3. The Morgan fingerprint density at radius 1 is 1.52 bits per heavy atom. The van der Waals surface area contributed by atoms with Crippen LogP contribution in [-0.4, -0.2) is 28.6 Å². The number of aryl methyl sites for hydroxylation is 1. The first kappa shape index (κ1) is 15.7. The molecule has 0 saturated heterocycles. The molecule has 0 radical (unpaired) electrons. The van der Waals surface area contributed by atoms with E-state index in [1.807, 2.05) is 6.92 Å². The van der Waals surface area contributed by atoms with Crippen molar-refractivity contribution in [3.05, 3.63) is 23.5 Å². The monoisotopic (exact) mass is 310 g/mol. The van der Waals surface area contributed by atoms with Crippen LogP contribution in [0.25, 0.3) is 11.1 Å². The summed E-state index contributed by atoms with van der Waals surface area (Å²) >= 11 is 0. The number of nitrogens with one attached hydrogen (secondary N) is 1. The van der Waals surface area contributed by atoms with Crippen LogP contribution >= 0.6 is 12.4 Å². The van der Waals surface area contributed by atoms with E-state index in [0.717, 1.165) is 30.3 Å². The highest BCUT2D eigenvalue weighted by Crippen LogP contribution is 2.25. The molecular weight excluding hydrogens is 292 g/mol. The van der Waals surface area contributed by atoms with Crippen LogP contribution in [0.1, 0.15) is 35.3 Å². The second kappa shape index (κ2) is 6.41. The van der Waals surface area contributed by atoms with E-state index in [4.69, 9.17) is 10.3 Å². The molecule has 3 rings (SSSR count). The van der Waals surface area contributed by atoms with Crippen molar-refractivity contribution in [2.75, 3.05) is 6.54 Å². The van der Waals surface area contributed by atoms with Crippen molar-refractivity contribution in [1.82, 2.24) is 15.5 Å². The lowest BCUT2D eigenvalue weighted by atomic mass is 10.0. The predicted molar refractivity (Wildman–Crippen MR) is 81.4 cm³/mol. The van der Waals surface area contributed by atoms with E-state index in [0.29, 0.717) is 23.7 Å². The molecule has 1 saturated carbocycles. The Morgan fingerprint density at radius 3 is 3.10 bits per heavy atom. The smallest absolute Gasteiger partial charge is 0.257 e. The number of carbonyl (C=O) groups is 1. The molecule has 2 aromatic heterocycles. The molecule has 2 unspecified atom stereocenters. The van der Waals surface area contributed by atoms with Gasteiger partial charge in [-0.3, -0.25) is 4.79 Å². The van der Waals surface area contributed by atoms with Crippen molar-refractivity contribution in [3.63, 3.8) is 0 Å². The minimum Gasteiger partial charge on any atom is -0.349 e. The van der Waals surface area contributed by atoms with E-state index >= 15 is 0 Å². The van der Waals surface area contributed by atoms with Gasteiger partial charge >= 0.3 is 0 Å². The van der Waals surface area contributed by atoms with Gasteiger partial charge in [0.05, 0.1) is 16.6 Å². The van der Waals surface area contributed by atoms with Crippen LogP contribution in [0.5, 0.6) is 0 Å². The zero-order valence-electron chi connectivity index (χ0n) is 11.8. The quantitative estimate of drug-likeness (QED) is 0.901. The number of nitrogens with zero attached hydrogens (tertiary/aromatic N) is 2. The Balaban J connectivity index is 0.00000161. The minimum atomic E-state index is -0.106. The lowest BCUT2D eigenvalue weighted by Crippen LogP contribution is -2.39. The van der Waals surface area contributed by atoms with Gasteiger partial charge in [-0.2, -0.15) is 0 Å². The highest BCUT2D eigenvalue weighted by atomic mass is 35.5. The van der Waals surface area contributed by atoms with E-state index in [1.165, 1.54) is 6.20 Å². The van der Waals surface area contributed by atoms with Gasteiger partial charge in [-0.05, 0) is 38.3 Å². The van der Waals surface area contributed by atoms with Gasteiger partial charge in [-0.1, -0.05) is 11.6 Å². The van der Waals surface area contributed by atoms with Crippen LogP contribution in [0.3, 0.4) is 0 Å². The maximum Gasteiger partial charge on any atom is 0.257 e. The summed E-state index contributed by atoms with van der Waals surface area (Å²) in [5.74, 6) is 0.276. The van der Waals surface area contributed by atoms with Crippen LogP contribution < -0.4 is 11.1 Å². The molecule has 0 bridgehead atoms. The number of hydrogen-bond donors (Lipinski definition) is 2. The van der Waals surface area contributed by atoms with Crippen molar-refractivity contribution >= 4 is 29.4 Å². The second-order valence-corrected chi connectivity index (χ2v) is 5.35. The molecule has 0 aliphatic heterocycles. The molecule has 2 heterocycles. The normalized spacial score (nSPS) is 21.2. The molecule has 3 N–H and O–H groups in total. The number of pyridine rings is 1. The van der Waals surface area contributed by atoms with E-state index in [1.54, 1.807) is 6.07 Å². The Labute approximate surface area is 128 Å². The fraction of sp³-hybridized carbons (Fsp3) is 0.500. The standard InChI is InChI=1S/C14H18N4O2.ClH/c1-8-11-5-10(7-16-14(11)20-18-8)13(19)17-12-4-2-3-9(12)6-15;/h5,7,9,12H,2-4,6,15H2,1H3,(H,17,19);1H. The molecule has 1 fully saturated rings. The van der Waals surface area contributed by atoms with Gasteiger partial charge in [-0.15, -0.1) is 12.4 Å². The first-order valence-corrected chi connectivity index (χ1v) is 6.92. The summed E-state index contributed by atoms with van der Waals surface area (Å²) in [6, 6.07) is 1.95. The molecule has 1 amide bonds. The third-order valence-corrected chi connectivity index (χ3v) is 4.05. The average Bonchev–Trinajstić information content (AvgIpc) is 3.05. The molecule has 1 aliphatic rings. The SMILES string of the molecule is Cc1noc2ncc(C(=O)NC3CCCC3CN)cc12.Cl. The van der Waals surface area contributed by atoms with Gasteiger partial charge in [0, 0.05) is 12.2 Å². The number of amides is 1. The Hall–Kier alpha value is -1.66. The van der Waals surface area contributed by atoms with Crippen LogP contribution in [0.15, 0.2) is 16.8 Å². The van der Waals surface area contributed by atoms with E-state index in [-0.39, 0.29) is 24.4 Å². The van der Waals surface area contributed by atoms with Gasteiger partial charge < -0.3 is 15.6 Å². The summed E-state index contributed by atoms with van der Waals surface area (Å²) in [6.45, 7) is 2.45. The number of aromatic nitrogens is 2. The van der Waals surface area contributed by atoms with Gasteiger partial charge in [0.25, 0.3) is 11.6 Å². The summed E-state index contributed by atoms with van der Waals surface area (Å²) in [6.07, 6.45) is 4.72. The third kappa shape index (κ3) is 3.01. The zero-order chi connectivity index (χ0) is 14.1. The van der Waals surface area contributed by atoms with Gasteiger partial charge in [0.1, 0.15) is 0 Å². The molecule has 2 aromatic rings. The fourth-order valence-corrected chi connectivity index (χ4v) is 2.83. The summed E-state index contributed by atoms with van der Waals surface area (Å²) < 4.78 is 5.04. The van der Waals surface area contributed by atoms with E-state index in [2.05, 4.69) is 15.5 Å². The summed E-state index contributed by atoms with van der Waals surface area (Å²) in [7, 11) is 0. The predicted octanol–water partition coefficient (Wildman–Crippen LogP) is 1.81. The molecule has 114 valence electrons. The Bertz CT molecular complexity index is 643. The minimum absolute atomic E-state index is 0. The second-order valence-electron chi connectivity index (χ2n) is 5.35. The fourth-order valence-electron chi connectivity index (χ4n) is 2.83. The first-order chi connectivity index (χ1) is 9.69. The molecule has 1 aliphatic carbocycles. The van der Waals surface area contributed by atoms with Crippen molar-refractivity contribution in [2.45, 2.75) is 32.2 Å². The molecular formula is C14H19ClN4O2. The number of carbonyl (C=O) groups excluding carboxylic acids is 1. The number of fused-ring (bicyclic) bond motifs is 1. The topological polar surface area (TPSA) is 94.0 Å². The molecule has 21 heavy (non-hydrogen) atoms. The summed E-state index contributed by atoms with van der Waals surface area (Å²) in [5.41, 5.74) is 7.47. The highest BCUT2D eigenvalue weighted by Gasteiger charge is 2.27. The van der Waals surface area contributed by atoms with Crippen LogP contribution in [0.2, 0.25) is 0 Å². The molecule has 0 aromatic carbocycles. The van der Waals surface area contributed by atoms with E-state index in [9.17, 15) is 4.79 Å². The lowest BCUT2D eigenvalue weighted by molar-refractivity contribution is 0.0928. The Kier molecular flexibility index (Phi) is 4.80. The van der Waals surface area contributed by atoms with Crippen molar-refractivity contribution in [1.29, 1.82) is 0 Å². The largest absolute Gasteiger partial charge is 0.349 e. The van der Waals surface area contributed by atoms with Crippen molar-refractivity contribution in [3.8, 4) is 0 Å². The van der Waals surface area contributed by atoms with Crippen molar-refractivity contribution in [2.24, 2.45) is 11.7 Å². The average molecular weight is 311 g/mol. The van der Waals surface area contributed by atoms with Crippen molar-refractivity contribution < 1.29 is 9.32 Å². The molecule has 0 spiro atoms. The highest BCUT2D eigenvalue weighted by molar-refractivity contribution is 5.97. The molecule has 2 atom stereocenters. The van der Waals surface area contributed by atoms with E-state index < -0.39 is 0 Å². The molecule has 6 nitrogen and oxygen atoms in total. The first-order valence-electron chi connectivity index (χ1n) is 6.92. The number of halogens is 1. The van der Waals surface area contributed by atoms with Gasteiger partial charge in [-0.25, -0.2) is 4.98 Å². The molecule has 7 heteroatoms.